The number of hydrogen-bond acceptors (Lipinski definition) is 8. The third-order valence-corrected chi connectivity index (χ3v) is 8.20. The number of sulfonamides is 1. The first-order valence-corrected chi connectivity index (χ1v) is 15.1. The number of morpholine rings is 1. The molecule has 0 amide bonds. The van der Waals surface area contributed by atoms with Gasteiger partial charge in [-0.2, -0.15) is 0 Å². The van der Waals surface area contributed by atoms with Crippen LogP contribution in [0.4, 0.5) is 18.9 Å². The number of fused-ring (bicyclic) bond motifs is 1. The quantitative estimate of drug-likeness (QED) is 0.201. The van der Waals surface area contributed by atoms with Crippen molar-refractivity contribution < 1.29 is 40.5 Å². The number of unbranched alkanes of at least 4 members (excludes halogenated alkanes) is 1. The maximum Gasteiger partial charge on any atom is 0.264 e. The van der Waals surface area contributed by atoms with Gasteiger partial charge in [0.15, 0.2) is 23.1 Å². The minimum atomic E-state index is -4.52. The Morgan fingerprint density at radius 1 is 0.907 bits per heavy atom. The van der Waals surface area contributed by atoms with Gasteiger partial charge in [0, 0.05) is 36.8 Å². The Bertz CT molecular complexity index is 1700. The molecule has 1 fully saturated rings. The van der Waals surface area contributed by atoms with Crippen molar-refractivity contribution in [3.63, 3.8) is 0 Å². The number of hydrogen-bond donors (Lipinski definition) is 1. The second-order valence-corrected chi connectivity index (χ2v) is 11.4. The van der Waals surface area contributed by atoms with Gasteiger partial charge in [-0.05, 0) is 61.9 Å². The van der Waals surface area contributed by atoms with Crippen LogP contribution in [0.5, 0.6) is 23.0 Å². The van der Waals surface area contributed by atoms with Gasteiger partial charge in [0.25, 0.3) is 10.0 Å². The fourth-order valence-corrected chi connectivity index (χ4v) is 5.73. The van der Waals surface area contributed by atoms with Gasteiger partial charge >= 0.3 is 0 Å². The third kappa shape index (κ3) is 7.48. The van der Waals surface area contributed by atoms with E-state index in [1.165, 1.54) is 25.4 Å². The normalized spacial score (nSPS) is 14.0. The fraction of sp³-hybridized carbons (Fsp3) is 0.300. The molecule has 0 radical (unpaired) electrons. The third-order valence-electron chi connectivity index (χ3n) is 6.80. The summed E-state index contributed by atoms with van der Waals surface area (Å²) in [6.07, 6.45) is 3.35. The summed E-state index contributed by atoms with van der Waals surface area (Å²) >= 11 is 0. The van der Waals surface area contributed by atoms with Crippen LogP contribution in [0.1, 0.15) is 12.8 Å². The Hall–Kier alpha value is -4.07. The van der Waals surface area contributed by atoms with Crippen LogP contribution in [0.25, 0.3) is 10.9 Å². The first kappa shape index (κ1) is 30.4. The van der Waals surface area contributed by atoms with Crippen LogP contribution >= 0.6 is 0 Å². The van der Waals surface area contributed by atoms with Crippen LogP contribution in [-0.4, -0.2) is 64.9 Å². The highest BCUT2D eigenvalue weighted by molar-refractivity contribution is 7.92. The van der Waals surface area contributed by atoms with E-state index >= 15 is 4.39 Å². The number of anilines is 1. The molecule has 0 spiro atoms. The average Bonchev–Trinajstić information content (AvgIpc) is 2.99. The van der Waals surface area contributed by atoms with E-state index in [-0.39, 0.29) is 17.2 Å². The van der Waals surface area contributed by atoms with E-state index in [4.69, 9.17) is 18.9 Å². The smallest absolute Gasteiger partial charge is 0.264 e. The molecule has 13 heteroatoms. The monoisotopic (exact) mass is 617 g/mol. The van der Waals surface area contributed by atoms with Crippen LogP contribution in [0.3, 0.4) is 0 Å². The molecule has 0 aliphatic carbocycles. The van der Waals surface area contributed by atoms with Gasteiger partial charge in [-0.25, -0.2) is 21.6 Å². The van der Waals surface area contributed by atoms with Gasteiger partial charge in [0.05, 0.1) is 38.1 Å². The van der Waals surface area contributed by atoms with Gasteiger partial charge in [-0.3, -0.25) is 14.6 Å². The molecule has 0 saturated carbocycles. The van der Waals surface area contributed by atoms with Gasteiger partial charge in [0.2, 0.25) is 0 Å². The summed E-state index contributed by atoms with van der Waals surface area (Å²) in [5.41, 5.74) is 0.324. The highest BCUT2D eigenvalue weighted by Crippen LogP contribution is 2.38. The molecule has 0 bridgehead atoms. The van der Waals surface area contributed by atoms with Crippen molar-refractivity contribution in [3.05, 3.63) is 78.2 Å². The SMILES string of the molecule is COc1cc2c(Oc3ccc(NS(=O)(=O)c4cc(F)ccc4F)cc3F)ccnc2cc1OCCCCN1CCOCC1. The van der Waals surface area contributed by atoms with E-state index in [2.05, 4.69) is 9.88 Å². The van der Waals surface area contributed by atoms with E-state index in [0.29, 0.717) is 41.1 Å². The highest BCUT2D eigenvalue weighted by atomic mass is 32.2. The van der Waals surface area contributed by atoms with Crippen LogP contribution in [0, 0.1) is 17.5 Å². The Balaban J connectivity index is 1.27. The Labute approximate surface area is 247 Å². The van der Waals surface area contributed by atoms with Gasteiger partial charge in [-0.15, -0.1) is 0 Å². The van der Waals surface area contributed by atoms with Crippen LogP contribution < -0.4 is 18.9 Å². The van der Waals surface area contributed by atoms with E-state index in [1.807, 2.05) is 4.72 Å². The van der Waals surface area contributed by atoms with Crippen LogP contribution in [-0.2, 0) is 14.8 Å². The number of methoxy groups -OCH3 is 1. The summed E-state index contributed by atoms with van der Waals surface area (Å²) in [5, 5.41) is 0.532. The Morgan fingerprint density at radius 2 is 1.72 bits per heavy atom. The van der Waals surface area contributed by atoms with E-state index < -0.39 is 32.4 Å². The molecule has 43 heavy (non-hydrogen) atoms. The predicted molar refractivity (Wildman–Crippen MR) is 154 cm³/mol. The zero-order chi connectivity index (χ0) is 30.4. The lowest BCUT2D eigenvalue weighted by Gasteiger charge is -2.26. The molecule has 1 saturated heterocycles. The van der Waals surface area contributed by atoms with Crippen molar-refractivity contribution in [2.24, 2.45) is 0 Å². The van der Waals surface area contributed by atoms with Crippen LogP contribution in [0.2, 0.25) is 0 Å². The molecule has 2 heterocycles. The van der Waals surface area contributed by atoms with Crippen LogP contribution in [0.15, 0.2) is 65.7 Å². The molecular weight excluding hydrogens is 587 g/mol. The summed E-state index contributed by atoms with van der Waals surface area (Å²) in [5.74, 6) is -1.94. The van der Waals surface area contributed by atoms with Crippen molar-refractivity contribution in [2.75, 3.05) is 51.3 Å². The minimum absolute atomic E-state index is 0.202. The molecule has 1 aliphatic heterocycles. The number of rotatable bonds is 12. The number of nitrogens with zero attached hydrogens (tertiary/aromatic N) is 2. The molecule has 228 valence electrons. The van der Waals surface area contributed by atoms with E-state index in [9.17, 15) is 17.2 Å². The summed E-state index contributed by atoms with van der Waals surface area (Å²) in [7, 11) is -3.01. The van der Waals surface area contributed by atoms with Gasteiger partial charge in [-0.1, -0.05) is 0 Å². The second kappa shape index (κ2) is 13.5. The molecule has 4 aromatic rings. The number of nitrogens with one attached hydrogen (secondary N) is 1. The maximum absolute atomic E-state index is 15.0. The Kier molecular flexibility index (Phi) is 9.53. The van der Waals surface area contributed by atoms with Crippen molar-refractivity contribution in [2.45, 2.75) is 17.7 Å². The summed E-state index contributed by atoms with van der Waals surface area (Å²) in [6, 6.07) is 10.3. The molecule has 0 atom stereocenters. The summed E-state index contributed by atoms with van der Waals surface area (Å²) in [4.78, 5) is 5.85. The number of pyridine rings is 1. The van der Waals surface area contributed by atoms with E-state index in [1.54, 1.807) is 18.2 Å². The lowest BCUT2D eigenvalue weighted by molar-refractivity contribution is 0.0368. The zero-order valence-electron chi connectivity index (χ0n) is 23.3. The standard InChI is InChI=1S/C30H30F3N3O6S/c1-39-28-18-22-25(19-29(28)41-13-3-2-10-36-11-14-40-15-12-36)34-9-8-26(22)42-27-7-5-21(17-24(27)33)35-43(37,38)30-16-20(31)4-6-23(30)32/h4-9,16-19,35H,2-3,10-15H2,1H3. The van der Waals surface area contributed by atoms with E-state index in [0.717, 1.165) is 57.8 Å². The molecule has 0 unspecified atom stereocenters. The number of ether oxygens (including phenoxy) is 4. The highest BCUT2D eigenvalue weighted by Gasteiger charge is 2.21. The average molecular weight is 618 g/mol. The first-order chi connectivity index (χ1) is 20.7. The topological polar surface area (TPSA) is 99.2 Å². The lowest BCUT2D eigenvalue weighted by atomic mass is 10.1. The van der Waals surface area contributed by atoms with Crippen molar-refractivity contribution in [3.8, 4) is 23.0 Å². The lowest BCUT2D eigenvalue weighted by Crippen LogP contribution is -2.36. The number of benzene rings is 3. The summed E-state index contributed by atoms with van der Waals surface area (Å²) < 4.78 is 92.4. The summed E-state index contributed by atoms with van der Waals surface area (Å²) in [6.45, 7) is 4.90. The fourth-order valence-electron chi connectivity index (χ4n) is 4.59. The minimum Gasteiger partial charge on any atom is -0.493 e. The molecule has 5 rings (SSSR count). The molecule has 1 aromatic heterocycles. The largest absolute Gasteiger partial charge is 0.493 e. The number of halogens is 3. The van der Waals surface area contributed by atoms with Crippen molar-refractivity contribution >= 4 is 26.6 Å². The van der Waals surface area contributed by atoms with Crippen molar-refractivity contribution in [1.29, 1.82) is 0 Å². The molecule has 1 N–H and O–H groups in total. The van der Waals surface area contributed by atoms with Gasteiger partial charge in [0.1, 0.15) is 22.3 Å². The number of aromatic nitrogens is 1. The second-order valence-electron chi connectivity index (χ2n) is 9.77. The molecule has 3 aromatic carbocycles. The van der Waals surface area contributed by atoms with Crippen molar-refractivity contribution in [1.82, 2.24) is 9.88 Å². The molecule has 9 nitrogen and oxygen atoms in total. The zero-order valence-corrected chi connectivity index (χ0v) is 24.1. The Morgan fingerprint density at radius 3 is 2.49 bits per heavy atom. The predicted octanol–water partition coefficient (Wildman–Crippen LogP) is 5.75. The maximum atomic E-state index is 15.0. The first-order valence-electron chi connectivity index (χ1n) is 13.6. The molecular formula is C30H30F3N3O6S. The molecule has 1 aliphatic rings. The van der Waals surface area contributed by atoms with Gasteiger partial charge < -0.3 is 18.9 Å².